The lowest BCUT2D eigenvalue weighted by atomic mass is 9.93. The van der Waals surface area contributed by atoms with Gasteiger partial charge in [-0.25, -0.2) is 9.37 Å². The SMILES string of the molecule is C=CC(=O)N1CC[C@@H](Nc2n[nH]c3nccc(-c4ccc(CNC(=O)c5cc(C(C)(C)C)on5)c(F)c4)c23)C1. The lowest BCUT2D eigenvalue weighted by Crippen LogP contribution is -2.30. The van der Waals surface area contributed by atoms with Crippen molar-refractivity contribution >= 4 is 28.7 Å². The average molecular weight is 532 g/mol. The van der Waals surface area contributed by atoms with E-state index < -0.39 is 11.7 Å². The van der Waals surface area contributed by atoms with Gasteiger partial charge in [0.1, 0.15) is 11.6 Å². The summed E-state index contributed by atoms with van der Waals surface area (Å²) in [5, 5.41) is 18.0. The van der Waals surface area contributed by atoms with Crippen LogP contribution in [0.3, 0.4) is 0 Å². The molecule has 202 valence electrons. The number of likely N-dealkylation sites (tertiary alicyclic amines) is 1. The molecule has 5 rings (SSSR count). The summed E-state index contributed by atoms with van der Waals surface area (Å²) in [4.78, 5) is 30.6. The smallest absolute Gasteiger partial charge is 0.273 e. The van der Waals surface area contributed by atoms with Crippen molar-refractivity contribution in [1.82, 2.24) is 30.6 Å². The van der Waals surface area contributed by atoms with Crippen molar-refractivity contribution < 1.29 is 18.5 Å². The summed E-state index contributed by atoms with van der Waals surface area (Å²) >= 11 is 0. The Morgan fingerprint density at radius 1 is 1.28 bits per heavy atom. The van der Waals surface area contributed by atoms with Crippen LogP contribution in [0.15, 0.2) is 53.7 Å². The van der Waals surface area contributed by atoms with Crippen LogP contribution < -0.4 is 10.6 Å². The third-order valence-corrected chi connectivity index (χ3v) is 6.76. The maximum Gasteiger partial charge on any atom is 0.273 e. The fourth-order valence-corrected chi connectivity index (χ4v) is 4.56. The number of nitrogens with zero attached hydrogens (tertiary/aromatic N) is 4. The molecule has 1 aliphatic rings. The van der Waals surface area contributed by atoms with Gasteiger partial charge in [-0.1, -0.05) is 44.6 Å². The zero-order chi connectivity index (χ0) is 27.7. The molecule has 4 aromatic rings. The van der Waals surface area contributed by atoms with E-state index in [9.17, 15) is 9.59 Å². The minimum Gasteiger partial charge on any atom is -0.363 e. The minimum atomic E-state index is -0.458. The number of rotatable bonds is 7. The Labute approximate surface area is 224 Å². The van der Waals surface area contributed by atoms with Crippen LogP contribution in [0.2, 0.25) is 0 Å². The van der Waals surface area contributed by atoms with Crippen molar-refractivity contribution in [3.05, 3.63) is 72.0 Å². The van der Waals surface area contributed by atoms with Gasteiger partial charge in [-0.2, -0.15) is 5.10 Å². The van der Waals surface area contributed by atoms with Crippen LogP contribution in [0.25, 0.3) is 22.2 Å². The first kappa shape index (κ1) is 26.1. The maximum absolute atomic E-state index is 15.2. The molecule has 2 amide bonds. The van der Waals surface area contributed by atoms with E-state index in [0.717, 1.165) is 17.4 Å². The Morgan fingerprint density at radius 2 is 2.10 bits per heavy atom. The number of carbonyl (C=O) groups is 2. The van der Waals surface area contributed by atoms with Crippen LogP contribution in [0, 0.1) is 5.82 Å². The number of halogens is 1. The second-order valence-corrected chi connectivity index (χ2v) is 10.6. The van der Waals surface area contributed by atoms with E-state index in [1.807, 2.05) is 20.8 Å². The number of aromatic nitrogens is 4. The highest BCUT2D eigenvalue weighted by Crippen LogP contribution is 2.33. The van der Waals surface area contributed by atoms with E-state index in [4.69, 9.17) is 4.52 Å². The van der Waals surface area contributed by atoms with Crippen molar-refractivity contribution in [2.75, 3.05) is 18.4 Å². The van der Waals surface area contributed by atoms with E-state index in [0.29, 0.717) is 41.4 Å². The highest BCUT2D eigenvalue weighted by atomic mass is 19.1. The first-order valence-electron chi connectivity index (χ1n) is 12.7. The summed E-state index contributed by atoms with van der Waals surface area (Å²) in [6, 6.07) is 8.29. The maximum atomic E-state index is 15.2. The Hall–Kier alpha value is -4.54. The number of aromatic amines is 1. The van der Waals surface area contributed by atoms with Crippen molar-refractivity contribution in [1.29, 1.82) is 0 Å². The largest absolute Gasteiger partial charge is 0.363 e. The fraction of sp³-hybridized carbons (Fsp3) is 0.321. The number of pyridine rings is 1. The fourth-order valence-electron chi connectivity index (χ4n) is 4.56. The molecule has 11 heteroatoms. The Bertz CT molecular complexity index is 1550. The summed E-state index contributed by atoms with van der Waals surface area (Å²) in [5.41, 5.74) is 2.15. The molecular weight excluding hydrogens is 501 g/mol. The first-order valence-corrected chi connectivity index (χ1v) is 12.7. The summed E-state index contributed by atoms with van der Waals surface area (Å²) in [6.07, 6.45) is 3.72. The third-order valence-electron chi connectivity index (χ3n) is 6.76. The Balaban J connectivity index is 1.32. The normalized spacial score (nSPS) is 15.5. The van der Waals surface area contributed by atoms with Gasteiger partial charge in [0.25, 0.3) is 5.91 Å². The van der Waals surface area contributed by atoms with Gasteiger partial charge >= 0.3 is 0 Å². The quantitative estimate of drug-likeness (QED) is 0.305. The van der Waals surface area contributed by atoms with Crippen LogP contribution in [0.5, 0.6) is 0 Å². The van der Waals surface area contributed by atoms with Crippen molar-refractivity contribution in [2.24, 2.45) is 0 Å². The van der Waals surface area contributed by atoms with Crippen molar-refractivity contribution in [3.8, 4) is 11.1 Å². The monoisotopic (exact) mass is 531 g/mol. The molecule has 1 atom stereocenters. The highest BCUT2D eigenvalue weighted by Gasteiger charge is 2.26. The van der Waals surface area contributed by atoms with Gasteiger partial charge in [0.15, 0.2) is 17.2 Å². The summed E-state index contributed by atoms with van der Waals surface area (Å²) in [5.74, 6) is 0.181. The number of nitrogens with one attached hydrogen (secondary N) is 3. The number of carbonyl (C=O) groups excluding carboxylic acids is 2. The zero-order valence-electron chi connectivity index (χ0n) is 22.0. The van der Waals surface area contributed by atoms with Gasteiger partial charge in [-0.05, 0) is 35.8 Å². The molecule has 0 saturated carbocycles. The van der Waals surface area contributed by atoms with E-state index in [2.05, 4.69) is 37.6 Å². The standard InChI is InChI=1S/C28H30FN7O3/c1-5-23(37)36-11-9-18(15-36)32-26-24-19(8-10-30-25(24)33-34-26)16-6-7-17(20(29)12-16)14-31-27(38)21-13-22(39-35-21)28(2,3)4/h5-8,10,12-13,18H,1,9,11,14-15H2,2-4H3,(H,31,38)(H2,30,32,33,34)/t18-/m1/s1. The number of fused-ring (bicyclic) bond motifs is 1. The summed E-state index contributed by atoms with van der Waals surface area (Å²) < 4.78 is 20.4. The molecule has 10 nitrogen and oxygen atoms in total. The number of anilines is 1. The van der Waals surface area contributed by atoms with E-state index in [-0.39, 0.29) is 29.6 Å². The number of H-pyrrole nitrogens is 1. The number of hydrogen-bond donors (Lipinski definition) is 3. The topological polar surface area (TPSA) is 129 Å². The van der Waals surface area contributed by atoms with Gasteiger partial charge in [-0.3, -0.25) is 14.7 Å². The lowest BCUT2D eigenvalue weighted by molar-refractivity contribution is -0.125. The molecule has 1 saturated heterocycles. The van der Waals surface area contributed by atoms with Crippen LogP contribution in [-0.4, -0.2) is 56.2 Å². The Kier molecular flexibility index (Phi) is 6.90. The molecule has 1 fully saturated rings. The predicted octanol–water partition coefficient (Wildman–Crippen LogP) is 4.18. The van der Waals surface area contributed by atoms with Crippen molar-refractivity contribution in [2.45, 2.75) is 45.2 Å². The van der Waals surface area contributed by atoms with Crippen LogP contribution >= 0.6 is 0 Å². The van der Waals surface area contributed by atoms with Crippen LogP contribution in [0.4, 0.5) is 10.2 Å². The molecule has 1 aromatic carbocycles. The molecule has 0 aliphatic carbocycles. The molecule has 0 radical (unpaired) electrons. The molecular formula is C28H30FN7O3. The number of benzene rings is 1. The molecule has 39 heavy (non-hydrogen) atoms. The second-order valence-electron chi connectivity index (χ2n) is 10.6. The summed E-state index contributed by atoms with van der Waals surface area (Å²) in [7, 11) is 0. The molecule has 1 aliphatic heterocycles. The summed E-state index contributed by atoms with van der Waals surface area (Å²) in [6.45, 7) is 10.6. The van der Waals surface area contributed by atoms with Crippen LogP contribution in [0.1, 0.15) is 49.0 Å². The lowest BCUT2D eigenvalue weighted by Gasteiger charge is -2.15. The van der Waals surface area contributed by atoms with Gasteiger partial charge in [0, 0.05) is 48.9 Å². The number of hydrogen-bond acceptors (Lipinski definition) is 7. The van der Waals surface area contributed by atoms with Crippen LogP contribution in [-0.2, 0) is 16.8 Å². The third kappa shape index (κ3) is 5.38. The van der Waals surface area contributed by atoms with E-state index in [1.54, 1.807) is 35.4 Å². The van der Waals surface area contributed by atoms with Gasteiger partial charge < -0.3 is 20.1 Å². The van der Waals surface area contributed by atoms with Gasteiger partial charge in [0.05, 0.1) is 5.39 Å². The van der Waals surface area contributed by atoms with E-state index in [1.165, 1.54) is 12.1 Å². The van der Waals surface area contributed by atoms with Crippen molar-refractivity contribution in [3.63, 3.8) is 0 Å². The molecule has 0 spiro atoms. The first-order chi connectivity index (χ1) is 18.6. The van der Waals surface area contributed by atoms with Gasteiger partial charge in [0.2, 0.25) is 5.91 Å². The molecule has 4 heterocycles. The second kappa shape index (κ2) is 10.3. The molecule has 3 aromatic heterocycles. The minimum absolute atomic E-state index is 0.00542. The molecule has 0 unspecified atom stereocenters. The molecule has 0 bridgehead atoms. The van der Waals surface area contributed by atoms with Gasteiger partial charge in [-0.15, -0.1) is 0 Å². The number of amides is 2. The highest BCUT2D eigenvalue weighted by molar-refractivity contribution is 6.00. The predicted molar refractivity (Wildman–Crippen MR) is 144 cm³/mol. The average Bonchev–Trinajstić information content (AvgIpc) is 3.67. The Morgan fingerprint density at radius 3 is 2.82 bits per heavy atom. The van der Waals surface area contributed by atoms with E-state index >= 15 is 4.39 Å². The molecule has 3 N–H and O–H groups in total. The zero-order valence-corrected chi connectivity index (χ0v) is 22.0.